The molecule has 0 spiro atoms. The smallest absolute Gasteiger partial charge is 0.111 e. The van der Waals surface area contributed by atoms with E-state index >= 15 is 0 Å². The van der Waals surface area contributed by atoms with Crippen molar-refractivity contribution in [2.75, 3.05) is 13.6 Å². The van der Waals surface area contributed by atoms with Crippen LogP contribution in [0.1, 0.15) is 18.2 Å². The lowest BCUT2D eigenvalue weighted by atomic mass is 9.99. The molecule has 0 aliphatic rings. The SMILES string of the molecule is CCC(O)(CNC)c1cccs1. The molecule has 1 rings (SSSR count). The fourth-order valence-corrected chi connectivity index (χ4v) is 2.12. The van der Waals surface area contributed by atoms with Crippen molar-refractivity contribution < 1.29 is 5.11 Å². The molecule has 68 valence electrons. The highest BCUT2D eigenvalue weighted by Gasteiger charge is 2.26. The molecule has 0 fully saturated rings. The van der Waals surface area contributed by atoms with E-state index in [1.807, 2.05) is 31.5 Å². The van der Waals surface area contributed by atoms with Crippen LogP contribution in [-0.2, 0) is 5.60 Å². The van der Waals surface area contributed by atoms with Crippen LogP contribution in [0.4, 0.5) is 0 Å². The van der Waals surface area contributed by atoms with E-state index in [-0.39, 0.29) is 0 Å². The van der Waals surface area contributed by atoms with E-state index in [0.717, 1.165) is 11.3 Å². The second-order valence-electron chi connectivity index (χ2n) is 2.89. The van der Waals surface area contributed by atoms with E-state index in [4.69, 9.17) is 0 Å². The van der Waals surface area contributed by atoms with Crippen LogP contribution in [0.3, 0.4) is 0 Å². The van der Waals surface area contributed by atoms with Crippen LogP contribution in [0.15, 0.2) is 17.5 Å². The Balaban J connectivity index is 2.80. The highest BCUT2D eigenvalue weighted by molar-refractivity contribution is 7.10. The first-order valence-electron chi connectivity index (χ1n) is 4.14. The molecule has 1 heterocycles. The van der Waals surface area contributed by atoms with Gasteiger partial charge in [-0.2, -0.15) is 0 Å². The lowest BCUT2D eigenvalue weighted by Gasteiger charge is -2.24. The molecule has 0 aliphatic heterocycles. The van der Waals surface area contributed by atoms with E-state index in [9.17, 15) is 5.11 Å². The Bertz CT molecular complexity index is 222. The Hall–Kier alpha value is -0.380. The zero-order chi connectivity index (χ0) is 9.03. The van der Waals surface area contributed by atoms with Gasteiger partial charge in [0, 0.05) is 11.4 Å². The summed E-state index contributed by atoms with van der Waals surface area (Å²) in [5.74, 6) is 0. The zero-order valence-corrected chi connectivity index (χ0v) is 8.32. The van der Waals surface area contributed by atoms with Gasteiger partial charge in [0.05, 0.1) is 0 Å². The number of aliphatic hydroxyl groups is 1. The van der Waals surface area contributed by atoms with Crippen LogP contribution in [-0.4, -0.2) is 18.7 Å². The third kappa shape index (κ3) is 1.86. The maximum atomic E-state index is 10.1. The molecule has 1 atom stereocenters. The number of rotatable bonds is 4. The standard InChI is InChI=1S/C9H15NOS/c1-3-9(11,7-10-2)8-5-4-6-12-8/h4-6,10-11H,3,7H2,1-2H3. The molecule has 0 radical (unpaired) electrons. The Morgan fingerprint density at radius 1 is 1.67 bits per heavy atom. The largest absolute Gasteiger partial charge is 0.383 e. The predicted octanol–water partition coefficient (Wildman–Crippen LogP) is 1.57. The summed E-state index contributed by atoms with van der Waals surface area (Å²) in [5.41, 5.74) is -0.678. The minimum absolute atomic E-state index is 0.615. The molecule has 2 N–H and O–H groups in total. The number of nitrogens with one attached hydrogen (secondary N) is 1. The molecular formula is C9H15NOS. The van der Waals surface area contributed by atoms with Gasteiger partial charge in [0.25, 0.3) is 0 Å². The predicted molar refractivity (Wildman–Crippen MR) is 52.4 cm³/mol. The van der Waals surface area contributed by atoms with Crippen LogP contribution in [0, 0.1) is 0 Å². The number of hydrogen-bond acceptors (Lipinski definition) is 3. The first-order valence-corrected chi connectivity index (χ1v) is 5.02. The summed E-state index contributed by atoms with van der Waals surface area (Å²) in [6.45, 7) is 2.61. The summed E-state index contributed by atoms with van der Waals surface area (Å²) in [6, 6.07) is 3.95. The Kier molecular flexibility index (Phi) is 3.26. The molecule has 0 amide bonds. The Morgan fingerprint density at radius 3 is 2.83 bits per heavy atom. The fraction of sp³-hybridized carbons (Fsp3) is 0.556. The van der Waals surface area contributed by atoms with E-state index in [2.05, 4.69) is 5.32 Å². The summed E-state index contributed by atoms with van der Waals surface area (Å²) < 4.78 is 0. The third-order valence-corrected chi connectivity index (χ3v) is 3.10. The van der Waals surface area contributed by atoms with E-state index in [1.165, 1.54) is 0 Å². The van der Waals surface area contributed by atoms with E-state index < -0.39 is 5.60 Å². The Morgan fingerprint density at radius 2 is 2.42 bits per heavy atom. The van der Waals surface area contributed by atoms with Crippen molar-refractivity contribution in [3.8, 4) is 0 Å². The lowest BCUT2D eigenvalue weighted by Crippen LogP contribution is -2.35. The van der Waals surface area contributed by atoms with Gasteiger partial charge in [-0.15, -0.1) is 11.3 Å². The average Bonchev–Trinajstić information content (AvgIpc) is 2.57. The zero-order valence-electron chi connectivity index (χ0n) is 7.50. The van der Waals surface area contributed by atoms with Gasteiger partial charge in [0.2, 0.25) is 0 Å². The van der Waals surface area contributed by atoms with Crippen LogP contribution in [0.2, 0.25) is 0 Å². The third-order valence-electron chi connectivity index (χ3n) is 2.03. The van der Waals surface area contributed by atoms with Gasteiger partial charge < -0.3 is 10.4 Å². The maximum absolute atomic E-state index is 10.1. The van der Waals surface area contributed by atoms with Crippen molar-refractivity contribution in [2.24, 2.45) is 0 Å². The van der Waals surface area contributed by atoms with Crippen LogP contribution >= 0.6 is 11.3 Å². The molecular weight excluding hydrogens is 170 g/mol. The minimum Gasteiger partial charge on any atom is -0.383 e. The summed E-state index contributed by atoms with van der Waals surface area (Å²) in [6.07, 6.45) is 0.744. The van der Waals surface area contributed by atoms with Gasteiger partial charge in [-0.1, -0.05) is 13.0 Å². The van der Waals surface area contributed by atoms with Crippen LogP contribution in [0.5, 0.6) is 0 Å². The van der Waals surface area contributed by atoms with Crippen LogP contribution < -0.4 is 5.32 Å². The first kappa shape index (κ1) is 9.71. The lowest BCUT2D eigenvalue weighted by molar-refractivity contribution is 0.0383. The molecule has 0 aliphatic carbocycles. The summed E-state index contributed by atoms with van der Waals surface area (Å²) in [7, 11) is 1.86. The second-order valence-corrected chi connectivity index (χ2v) is 3.84. The van der Waals surface area contributed by atoms with Crippen LogP contribution in [0.25, 0.3) is 0 Å². The van der Waals surface area contributed by atoms with Gasteiger partial charge in [0.15, 0.2) is 0 Å². The number of likely N-dealkylation sites (N-methyl/N-ethyl adjacent to an activating group) is 1. The fourth-order valence-electron chi connectivity index (χ4n) is 1.22. The first-order chi connectivity index (χ1) is 5.73. The molecule has 12 heavy (non-hydrogen) atoms. The van der Waals surface area contributed by atoms with Gasteiger partial charge >= 0.3 is 0 Å². The Labute approximate surface area is 77.2 Å². The summed E-state index contributed by atoms with van der Waals surface area (Å²) in [4.78, 5) is 1.04. The monoisotopic (exact) mass is 185 g/mol. The van der Waals surface area contributed by atoms with Gasteiger partial charge in [-0.05, 0) is 24.9 Å². The number of thiophene rings is 1. The molecule has 2 nitrogen and oxygen atoms in total. The second kappa shape index (κ2) is 4.03. The maximum Gasteiger partial charge on any atom is 0.111 e. The van der Waals surface area contributed by atoms with Crippen molar-refractivity contribution in [1.29, 1.82) is 0 Å². The molecule has 3 heteroatoms. The summed E-state index contributed by atoms with van der Waals surface area (Å²) >= 11 is 1.60. The molecule has 1 unspecified atom stereocenters. The van der Waals surface area contributed by atoms with Gasteiger partial charge in [0.1, 0.15) is 5.60 Å². The summed E-state index contributed by atoms with van der Waals surface area (Å²) in [5, 5.41) is 15.1. The number of hydrogen-bond donors (Lipinski definition) is 2. The quantitative estimate of drug-likeness (QED) is 0.746. The van der Waals surface area contributed by atoms with E-state index in [0.29, 0.717) is 6.54 Å². The topological polar surface area (TPSA) is 32.3 Å². The van der Waals surface area contributed by atoms with Gasteiger partial charge in [-0.25, -0.2) is 0 Å². The molecule has 0 aromatic carbocycles. The molecule has 0 bridgehead atoms. The van der Waals surface area contributed by atoms with Crippen molar-refractivity contribution in [3.63, 3.8) is 0 Å². The average molecular weight is 185 g/mol. The van der Waals surface area contributed by atoms with Crippen molar-refractivity contribution >= 4 is 11.3 Å². The van der Waals surface area contributed by atoms with Crippen molar-refractivity contribution in [2.45, 2.75) is 18.9 Å². The highest BCUT2D eigenvalue weighted by Crippen LogP contribution is 2.27. The highest BCUT2D eigenvalue weighted by atomic mass is 32.1. The minimum atomic E-state index is -0.678. The van der Waals surface area contributed by atoms with Crippen molar-refractivity contribution in [1.82, 2.24) is 5.32 Å². The normalized spacial score (nSPS) is 15.9. The van der Waals surface area contributed by atoms with E-state index in [1.54, 1.807) is 11.3 Å². The van der Waals surface area contributed by atoms with Gasteiger partial charge in [-0.3, -0.25) is 0 Å². The molecule has 0 saturated heterocycles. The van der Waals surface area contributed by atoms with Crippen molar-refractivity contribution in [3.05, 3.63) is 22.4 Å². The molecule has 0 saturated carbocycles. The molecule has 1 aromatic rings. The molecule has 1 aromatic heterocycles.